The Kier molecular flexibility index (Phi) is 5.43. The Balaban J connectivity index is 1.79. The second-order valence-electron chi connectivity index (χ2n) is 7.59. The van der Waals surface area contributed by atoms with Gasteiger partial charge in [-0.05, 0) is 62.1 Å². The lowest BCUT2D eigenvalue weighted by Gasteiger charge is -2.25. The van der Waals surface area contributed by atoms with Crippen LogP contribution in [0.5, 0.6) is 5.75 Å². The zero-order chi connectivity index (χ0) is 20.5. The fourth-order valence-electron chi connectivity index (χ4n) is 3.82. The summed E-state index contributed by atoms with van der Waals surface area (Å²) in [6.07, 6.45) is 1.78. The molecule has 1 aromatic carbocycles. The number of nitrogens with zero attached hydrogens (tertiary/aromatic N) is 2. The highest BCUT2D eigenvalue weighted by molar-refractivity contribution is 7.10. The molecule has 0 spiro atoms. The number of ketones is 1. The maximum absolute atomic E-state index is 12.9. The van der Waals surface area contributed by atoms with Crippen LogP contribution in [-0.4, -0.2) is 60.4 Å². The number of aliphatic hydroxyl groups excluding tert-OH is 1. The van der Waals surface area contributed by atoms with Crippen molar-refractivity contribution in [2.45, 2.75) is 18.9 Å². The number of rotatable bonds is 5. The smallest absolute Gasteiger partial charge is 0.295 e. The van der Waals surface area contributed by atoms with Gasteiger partial charge >= 0.3 is 0 Å². The number of benzene rings is 1. The van der Waals surface area contributed by atoms with Gasteiger partial charge in [0.15, 0.2) is 0 Å². The molecule has 1 fully saturated rings. The summed E-state index contributed by atoms with van der Waals surface area (Å²) in [5.74, 6) is -0.502. The molecule has 152 valence electrons. The molecule has 29 heavy (non-hydrogen) atoms. The zero-order valence-electron chi connectivity index (χ0n) is 16.6. The number of hydrogen-bond donors (Lipinski definition) is 1. The van der Waals surface area contributed by atoms with Crippen molar-refractivity contribution < 1.29 is 19.4 Å². The van der Waals surface area contributed by atoms with E-state index in [1.54, 1.807) is 11.0 Å². The molecule has 1 saturated heterocycles. The van der Waals surface area contributed by atoms with Crippen molar-refractivity contribution in [2.75, 3.05) is 33.8 Å². The summed E-state index contributed by atoms with van der Waals surface area (Å²) in [4.78, 5) is 30.1. The molecule has 1 unspecified atom stereocenters. The number of aliphatic hydroxyl groups is 1. The summed E-state index contributed by atoms with van der Waals surface area (Å²) in [7, 11) is 3.85. The fraction of sp³-hybridized carbons (Fsp3) is 0.364. The highest BCUT2D eigenvalue weighted by Crippen LogP contribution is 2.41. The molecule has 1 aromatic heterocycles. The molecule has 7 heteroatoms. The maximum Gasteiger partial charge on any atom is 0.295 e. The molecule has 3 heterocycles. The van der Waals surface area contributed by atoms with Gasteiger partial charge in [0.2, 0.25) is 0 Å². The molecule has 1 amide bonds. The van der Waals surface area contributed by atoms with Crippen LogP contribution in [-0.2, 0) is 16.0 Å². The summed E-state index contributed by atoms with van der Waals surface area (Å²) < 4.78 is 5.64. The maximum atomic E-state index is 12.9. The van der Waals surface area contributed by atoms with Crippen molar-refractivity contribution in [3.8, 4) is 5.75 Å². The monoisotopic (exact) mass is 412 g/mol. The number of carbonyl (C=O) groups is 2. The number of likely N-dealkylation sites (N-methyl/N-ethyl adjacent to an activating group) is 1. The van der Waals surface area contributed by atoms with E-state index >= 15 is 0 Å². The molecule has 6 nitrogen and oxygen atoms in total. The van der Waals surface area contributed by atoms with Crippen LogP contribution >= 0.6 is 11.3 Å². The van der Waals surface area contributed by atoms with E-state index in [2.05, 4.69) is 0 Å². The number of amides is 1. The van der Waals surface area contributed by atoms with E-state index in [9.17, 15) is 14.7 Å². The van der Waals surface area contributed by atoms with Crippen LogP contribution < -0.4 is 4.74 Å². The molecule has 2 aromatic rings. The zero-order valence-corrected chi connectivity index (χ0v) is 17.4. The molecule has 2 aliphatic heterocycles. The predicted molar refractivity (Wildman–Crippen MR) is 112 cm³/mol. The van der Waals surface area contributed by atoms with Gasteiger partial charge in [-0.1, -0.05) is 6.07 Å². The lowest BCUT2D eigenvalue weighted by atomic mass is 9.97. The Morgan fingerprint density at radius 1 is 1.31 bits per heavy atom. The Labute approximate surface area is 174 Å². The number of thiophene rings is 1. The first kappa shape index (κ1) is 19.7. The molecule has 0 bridgehead atoms. The average molecular weight is 413 g/mol. The topological polar surface area (TPSA) is 70.1 Å². The second kappa shape index (κ2) is 8.00. The third kappa shape index (κ3) is 3.68. The van der Waals surface area contributed by atoms with Gasteiger partial charge in [-0.3, -0.25) is 9.59 Å². The van der Waals surface area contributed by atoms with E-state index in [1.165, 1.54) is 11.3 Å². The van der Waals surface area contributed by atoms with Crippen LogP contribution in [0.25, 0.3) is 5.76 Å². The number of fused-ring (bicyclic) bond motifs is 1. The first-order valence-electron chi connectivity index (χ1n) is 9.70. The van der Waals surface area contributed by atoms with Crippen LogP contribution in [0, 0.1) is 0 Å². The Morgan fingerprint density at radius 2 is 2.14 bits per heavy atom. The Hall–Kier alpha value is -2.64. The Morgan fingerprint density at radius 3 is 2.86 bits per heavy atom. The van der Waals surface area contributed by atoms with Crippen LogP contribution in [0.4, 0.5) is 0 Å². The highest BCUT2D eigenvalue weighted by atomic mass is 32.1. The normalized spacial score (nSPS) is 20.8. The van der Waals surface area contributed by atoms with Gasteiger partial charge in [-0.25, -0.2) is 0 Å². The van der Waals surface area contributed by atoms with E-state index in [0.29, 0.717) is 25.3 Å². The van der Waals surface area contributed by atoms with E-state index in [4.69, 9.17) is 4.74 Å². The average Bonchev–Trinajstić information content (AvgIpc) is 3.33. The summed E-state index contributed by atoms with van der Waals surface area (Å²) in [6.45, 7) is 1.73. The first-order chi connectivity index (χ1) is 14.0. The van der Waals surface area contributed by atoms with E-state index in [-0.39, 0.29) is 11.3 Å². The molecular weight excluding hydrogens is 388 g/mol. The lowest BCUT2D eigenvalue weighted by molar-refractivity contribution is -0.140. The number of ether oxygens (including phenoxy) is 1. The first-order valence-corrected chi connectivity index (χ1v) is 10.6. The number of aryl methyl sites for hydroxylation is 1. The van der Waals surface area contributed by atoms with Crippen LogP contribution in [0.15, 0.2) is 41.3 Å². The van der Waals surface area contributed by atoms with Gasteiger partial charge in [0.1, 0.15) is 11.5 Å². The Bertz CT molecular complexity index is 965. The van der Waals surface area contributed by atoms with Crippen molar-refractivity contribution in [1.29, 1.82) is 0 Å². The summed E-state index contributed by atoms with van der Waals surface area (Å²) in [5.41, 5.74) is 1.71. The quantitative estimate of drug-likeness (QED) is 0.464. The van der Waals surface area contributed by atoms with Crippen LogP contribution in [0.2, 0.25) is 0 Å². The molecule has 1 atom stereocenters. The van der Waals surface area contributed by atoms with E-state index in [1.807, 2.05) is 48.6 Å². The number of carbonyl (C=O) groups excluding carboxylic acids is 2. The largest absolute Gasteiger partial charge is 0.507 e. The van der Waals surface area contributed by atoms with Crippen molar-refractivity contribution in [1.82, 2.24) is 9.80 Å². The van der Waals surface area contributed by atoms with Gasteiger partial charge in [0.05, 0.1) is 18.2 Å². The number of hydrogen-bond acceptors (Lipinski definition) is 6. The third-order valence-electron chi connectivity index (χ3n) is 5.32. The third-order valence-corrected chi connectivity index (χ3v) is 6.25. The van der Waals surface area contributed by atoms with E-state index < -0.39 is 17.7 Å². The van der Waals surface area contributed by atoms with Gasteiger partial charge in [0.25, 0.3) is 11.7 Å². The summed E-state index contributed by atoms with van der Waals surface area (Å²) in [6, 6.07) is 8.66. The molecule has 4 rings (SSSR count). The summed E-state index contributed by atoms with van der Waals surface area (Å²) >= 11 is 1.48. The second-order valence-corrected chi connectivity index (χ2v) is 8.56. The van der Waals surface area contributed by atoms with Gasteiger partial charge in [-0.2, -0.15) is 0 Å². The molecule has 0 radical (unpaired) electrons. The minimum Gasteiger partial charge on any atom is -0.507 e. The van der Waals surface area contributed by atoms with Crippen LogP contribution in [0.1, 0.15) is 28.5 Å². The van der Waals surface area contributed by atoms with Crippen molar-refractivity contribution in [2.24, 2.45) is 0 Å². The SMILES string of the molecule is CN(C)CCN1C(=O)C(=O)/C(=C(\O)c2ccc3c(c2)CCCO3)C1c1cccs1. The van der Waals surface area contributed by atoms with Gasteiger partial charge < -0.3 is 19.6 Å². The molecule has 0 aliphatic carbocycles. The molecular formula is C22H24N2O4S. The van der Waals surface area contributed by atoms with Crippen molar-refractivity contribution >= 4 is 28.8 Å². The minimum absolute atomic E-state index is 0.123. The number of likely N-dealkylation sites (tertiary alicyclic amines) is 1. The van der Waals surface area contributed by atoms with E-state index in [0.717, 1.165) is 29.0 Å². The predicted octanol–water partition coefficient (Wildman–Crippen LogP) is 3.06. The molecule has 2 aliphatic rings. The lowest BCUT2D eigenvalue weighted by Crippen LogP contribution is -2.35. The van der Waals surface area contributed by atoms with Crippen molar-refractivity contribution in [3.05, 3.63) is 57.3 Å². The highest BCUT2D eigenvalue weighted by Gasteiger charge is 2.46. The standard InChI is InChI=1S/C22H24N2O4S/c1-23(2)9-10-24-19(17-6-4-12-29-17)18(21(26)22(24)27)20(25)15-7-8-16-14(13-15)5-3-11-28-16/h4,6-8,12-13,19,25H,3,5,9-11H2,1-2H3/b20-18-. The fourth-order valence-corrected chi connectivity index (χ4v) is 4.67. The van der Waals surface area contributed by atoms with Gasteiger partial charge in [0, 0.05) is 23.5 Å². The molecule has 0 saturated carbocycles. The summed E-state index contributed by atoms with van der Waals surface area (Å²) in [5, 5.41) is 13.0. The molecule has 1 N–H and O–H groups in total. The van der Waals surface area contributed by atoms with Gasteiger partial charge in [-0.15, -0.1) is 11.3 Å². The number of Topliss-reactive ketones (excluding diaryl/α,β-unsaturated/α-hetero) is 1. The van der Waals surface area contributed by atoms with Crippen molar-refractivity contribution in [3.63, 3.8) is 0 Å². The van der Waals surface area contributed by atoms with Crippen LogP contribution in [0.3, 0.4) is 0 Å². The minimum atomic E-state index is -0.631.